The first kappa shape index (κ1) is 17.5. The lowest BCUT2D eigenvalue weighted by molar-refractivity contribution is -0.127. The fourth-order valence-electron chi connectivity index (χ4n) is 2.48. The minimum absolute atomic E-state index is 0.00500. The molecular formula is C17H17FN6O2. The predicted molar refractivity (Wildman–Crippen MR) is 92.9 cm³/mol. The average Bonchev–Trinajstić information content (AvgIpc) is 2.61. The molecule has 9 heteroatoms. The van der Waals surface area contributed by atoms with Crippen molar-refractivity contribution in [3.05, 3.63) is 53.4 Å². The van der Waals surface area contributed by atoms with Crippen molar-refractivity contribution < 1.29 is 14.0 Å². The van der Waals surface area contributed by atoms with Crippen molar-refractivity contribution in [1.82, 2.24) is 14.9 Å². The fourth-order valence-corrected chi connectivity index (χ4v) is 2.48. The highest BCUT2D eigenvalue weighted by Crippen LogP contribution is 2.29. The summed E-state index contributed by atoms with van der Waals surface area (Å²) in [5.41, 5.74) is 7.06. The van der Waals surface area contributed by atoms with Crippen molar-refractivity contribution in [3.8, 4) is 0 Å². The van der Waals surface area contributed by atoms with E-state index in [1.54, 1.807) is 6.92 Å². The molecule has 1 aromatic heterocycles. The lowest BCUT2D eigenvalue weighted by atomic mass is 10.0. The molecule has 1 aliphatic rings. The number of carbonyl (C=O) groups excluding carboxylic acids is 2. The van der Waals surface area contributed by atoms with Crippen LogP contribution < -0.4 is 11.1 Å². The van der Waals surface area contributed by atoms with Gasteiger partial charge in [-0.2, -0.15) is 0 Å². The van der Waals surface area contributed by atoms with E-state index in [4.69, 9.17) is 5.73 Å². The molecule has 0 spiro atoms. The van der Waals surface area contributed by atoms with Crippen LogP contribution in [0.2, 0.25) is 0 Å². The van der Waals surface area contributed by atoms with Gasteiger partial charge in [0.1, 0.15) is 11.5 Å². The van der Waals surface area contributed by atoms with Gasteiger partial charge in [0.15, 0.2) is 5.96 Å². The number of anilines is 1. The summed E-state index contributed by atoms with van der Waals surface area (Å²) in [5, 5.41) is 2.63. The van der Waals surface area contributed by atoms with Crippen LogP contribution in [-0.2, 0) is 4.79 Å². The van der Waals surface area contributed by atoms with E-state index in [0.717, 1.165) is 0 Å². The van der Waals surface area contributed by atoms with E-state index in [-0.39, 0.29) is 29.5 Å². The average molecular weight is 356 g/mol. The smallest absolute Gasteiger partial charge is 0.275 e. The maximum absolute atomic E-state index is 14.2. The van der Waals surface area contributed by atoms with Gasteiger partial charge in [-0.15, -0.1) is 0 Å². The SMILES string of the molecule is Cc1cnc(C(=O)Nc2ccc(F)c([C@@H]3CC(=O)N(C)C(N)=N3)c2)cn1. The molecule has 0 unspecified atom stereocenters. The van der Waals surface area contributed by atoms with Crippen LogP contribution in [0, 0.1) is 12.7 Å². The normalized spacial score (nSPS) is 17.0. The van der Waals surface area contributed by atoms with Crippen LogP contribution in [0.5, 0.6) is 0 Å². The number of carbonyl (C=O) groups is 2. The highest BCUT2D eigenvalue weighted by Gasteiger charge is 2.27. The molecule has 2 heterocycles. The molecule has 0 saturated heterocycles. The molecule has 0 fully saturated rings. The summed E-state index contributed by atoms with van der Waals surface area (Å²) in [4.78, 5) is 37.5. The summed E-state index contributed by atoms with van der Waals surface area (Å²) in [6, 6.07) is 3.33. The van der Waals surface area contributed by atoms with Gasteiger partial charge in [0.25, 0.3) is 5.91 Å². The predicted octanol–water partition coefficient (Wildman–Crippen LogP) is 1.39. The number of hydrogen-bond donors (Lipinski definition) is 2. The summed E-state index contributed by atoms with van der Waals surface area (Å²) in [6.07, 6.45) is 2.83. The first-order valence-corrected chi connectivity index (χ1v) is 7.84. The van der Waals surface area contributed by atoms with E-state index in [1.165, 1.54) is 42.5 Å². The first-order valence-electron chi connectivity index (χ1n) is 7.84. The summed E-state index contributed by atoms with van der Waals surface area (Å²) < 4.78 is 14.2. The quantitative estimate of drug-likeness (QED) is 0.863. The summed E-state index contributed by atoms with van der Waals surface area (Å²) >= 11 is 0. The van der Waals surface area contributed by atoms with E-state index in [1.807, 2.05) is 0 Å². The van der Waals surface area contributed by atoms with Crippen molar-refractivity contribution in [2.75, 3.05) is 12.4 Å². The van der Waals surface area contributed by atoms with Gasteiger partial charge in [-0.25, -0.2) is 14.4 Å². The second-order valence-electron chi connectivity index (χ2n) is 5.89. The number of benzene rings is 1. The topological polar surface area (TPSA) is 114 Å². The van der Waals surface area contributed by atoms with E-state index < -0.39 is 17.8 Å². The summed E-state index contributed by atoms with van der Waals surface area (Å²) in [7, 11) is 1.51. The molecule has 1 aliphatic heterocycles. The van der Waals surface area contributed by atoms with Gasteiger partial charge >= 0.3 is 0 Å². The lowest BCUT2D eigenvalue weighted by Crippen LogP contribution is -2.42. The highest BCUT2D eigenvalue weighted by molar-refractivity contribution is 6.02. The number of aliphatic imine (C=N–C) groups is 1. The first-order chi connectivity index (χ1) is 12.3. The van der Waals surface area contributed by atoms with E-state index in [2.05, 4.69) is 20.3 Å². The standard InChI is InChI=1S/C17H17FN6O2/c1-9-7-21-14(8-20-9)16(26)22-10-3-4-12(18)11(5-10)13-6-15(25)24(2)17(19)23-13/h3-5,7-8,13H,6H2,1-2H3,(H2,19,23)(H,22,26)/t13-/m0/s1. The number of nitrogens with zero attached hydrogens (tertiary/aromatic N) is 4. The van der Waals surface area contributed by atoms with E-state index in [0.29, 0.717) is 11.4 Å². The van der Waals surface area contributed by atoms with Gasteiger partial charge in [-0.1, -0.05) is 0 Å². The summed E-state index contributed by atoms with van der Waals surface area (Å²) in [5.74, 6) is -1.24. The molecule has 2 aromatic rings. The van der Waals surface area contributed by atoms with Crippen LogP contribution in [0.15, 0.2) is 35.6 Å². The Bertz CT molecular complexity index is 897. The Hall–Kier alpha value is -3.36. The van der Waals surface area contributed by atoms with Crippen molar-refractivity contribution in [1.29, 1.82) is 0 Å². The number of amides is 2. The van der Waals surface area contributed by atoms with E-state index >= 15 is 0 Å². The van der Waals surface area contributed by atoms with Gasteiger partial charge < -0.3 is 11.1 Å². The number of hydrogen-bond acceptors (Lipinski definition) is 6. The van der Waals surface area contributed by atoms with Gasteiger partial charge in [0, 0.05) is 24.5 Å². The van der Waals surface area contributed by atoms with Crippen LogP contribution in [0.4, 0.5) is 10.1 Å². The van der Waals surface area contributed by atoms with Crippen molar-refractivity contribution in [3.63, 3.8) is 0 Å². The van der Waals surface area contributed by atoms with Gasteiger partial charge in [0.05, 0.1) is 24.4 Å². The van der Waals surface area contributed by atoms with Crippen molar-refractivity contribution >= 4 is 23.5 Å². The minimum Gasteiger partial charge on any atom is -0.369 e. The number of aromatic nitrogens is 2. The maximum atomic E-state index is 14.2. The second-order valence-corrected chi connectivity index (χ2v) is 5.89. The zero-order valence-corrected chi connectivity index (χ0v) is 14.2. The molecule has 3 N–H and O–H groups in total. The number of rotatable bonds is 3. The zero-order chi connectivity index (χ0) is 18.8. The fraction of sp³-hybridized carbons (Fsp3) is 0.235. The Morgan fingerprint density at radius 2 is 2.12 bits per heavy atom. The van der Waals surface area contributed by atoms with Gasteiger partial charge in [0.2, 0.25) is 5.91 Å². The Balaban J connectivity index is 1.85. The minimum atomic E-state index is -0.741. The largest absolute Gasteiger partial charge is 0.369 e. The maximum Gasteiger partial charge on any atom is 0.275 e. The number of nitrogens with two attached hydrogens (primary N) is 1. The number of guanidine groups is 1. The third-order valence-electron chi connectivity index (χ3n) is 4.00. The molecule has 26 heavy (non-hydrogen) atoms. The van der Waals surface area contributed by atoms with Crippen LogP contribution in [0.1, 0.15) is 34.2 Å². The number of halogens is 1. The molecule has 2 amide bonds. The van der Waals surface area contributed by atoms with Crippen LogP contribution in [0.3, 0.4) is 0 Å². The molecule has 1 atom stereocenters. The van der Waals surface area contributed by atoms with Crippen LogP contribution >= 0.6 is 0 Å². The third-order valence-corrected chi connectivity index (χ3v) is 4.00. The monoisotopic (exact) mass is 356 g/mol. The Kier molecular flexibility index (Phi) is 4.61. The molecule has 0 aliphatic carbocycles. The second kappa shape index (κ2) is 6.87. The molecule has 134 valence electrons. The molecular weight excluding hydrogens is 339 g/mol. The molecule has 3 rings (SSSR count). The van der Waals surface area contributed by atoms with Crippen molar-refractivity contribution in [2.45, 2.75) is 19.4 Å². The third kappa shape index (κ3) is 3.51. The highest BCUT2D eigenvalue weighted by atomic mass is 19.1. The Labute approximate surface area is 149 Å². The van der Waals surface area contributed by atoms with E-state index in [9.17, 15) is 14.0 Å². The summed E-state index contributed by atoms with van der Waals surface area (Å²) in [6.45, 7) is 1.76. The number of nitrogens with one attached hydrogen (secondary N) is 1. The van der Waals surface area contributed by atoms with Gasteiger partial charge in [-0.3, -0.25) is 19.5 Å². The Morgan fingerprint density at radius 1 is 1.35 bits per heavy atom. The van der Waals surface area contributed by atoms with Crippen LogP contribution in [-0.4, -0.2) is 39.7 Å². The lowest BCUT2D eigenvalue weighted by Gasteiger charge is -2.26. The molecule has 1 aromatic carbocycles. The van der Waals surface area contributed by atoms with Crippen LogP contribution in [0.25, 0.3) is 0 Å². The van der Waals surface area contributed by atoms with Crippen molar-refractivity contribution in [2.24, 2.45) is 10.7 Å². The molecule has 0 radical (unpaired) electrons. The number of aryl methyl sites for hydroxylation is 1. The molecule has 8 nitrogen and oxygen atoms in total. The molecule has 0 bridgehead atoms. The van der Waals surface area contributed by atoms with Gasteiger partial charge in [-0.05, 0) is 25.1 Å². The Morgan fingerprint density at radius 3 is 2.77 bits per heavy atom. The molecule has 0 saturated carbocycles. The zero-order valence-electron chi connectivity index (χ0n) is 14.2.